The molecule has 1 aliphatic heterocycles. The zero-order valence-electron chi connectivity index (χ0n) is 17.7. The van der Waals surface area contributed by atoms with Crippen molar-refractivity contribution in [3.05, 3.63) is 71.4 Å². The van der Waals surface area contributed by atoms with Crippen LogP contribution < -0.4 is 5.32 Å². The third-order valence-electron chi connectivity index (χ3n) is 5.45. The largest absolute Gasteiger partial charge is 0.455 e. The van der Waals surface area contributed by atoms with Crippen molar-refractivity contribution in [1.82, 2.24) is 19.8 Å². The highest BCUT2D eigenvalue weighted by Crippen LogP contribution is 2.22. The Kier molecular flexibility index (Phi) is 7.11. The van der Waals surface area contributed by atoms with Crippen LogP contribution in [0, 0.1) is 0 Å². The van der Waals surface area contributed by atoms with Crippen LogP contribution in [0.25, 0.3) is 0 Å². The molecule has 1 saturated heterocycles. The van der Waals surface area contributed by atoms with E-state index < -0.39 is 0 Å². The van der Waals surface area contributed by atoms with Gasteiger partial charge in [-0.05, 0) is 36.1 Å². The maximum atomic E-state index is 12.4. The van der Waals surface area contributed by atoms with Gasteiger partial charge in [-0.15, -0.1) is 0 Å². The topological polar surface area (TPSA) is 83.5 Å². The smallest absolute Gasteiger partial charge is 0.287 e. The van der Waals surface area contributed by atoms with E-state index in [0.717, 1.165) is 49.0 Å². The molecule has 3 aromatic rings. The van der Waals surface area contributed by atoms with Crippen molar-refractivity contribution in [2.24, 2.45) is 7.05 Å². The highest BCUT2D eigenvalue weighted by atomic mass is 32.2. The molecule has 0 atom stereocenters. The lowest BCUT2D eigenvalue weighted by molar-refractivity contribution is 0.0792. The summed E-state index contributed by atoms with van der Waals surface area (Å²) in [4.78, 5) is 19.1. The number of aliphatic hydroxyl groups excluding tert-OH is 1. The lowest BCUT2D eigenvalue weighted by Crippen LogP contribution is -2.35. The molecule has 0 spiro atoms. The number of carbonyl (C=O) groups excluding carboxylic acids is 1. The van der Waals surface area contributed by atoms with Gasteiger partial charge in [0.15, 0.2) is 10.9 Å². The molecule has 0 radical (unpaired) electrons. The van der Waals surface area contributed by atoms with Crippen LogP contribution in [0.1, 0.15) is 40.3 Å². The van der Waals surface area contributed by atoms with E-state index in [0.29, 0.717) is 18.1 Å². The van der Waals surface area contributed by atoms with Crippen molar-refractivity contribution < 1.29 is 14.3 Å². The van der Waals surface area contributed by atoms with Crippen LogP contribution in [-0.4, -0.2) is 44.7 Å². The SMILES string of the molecule is Cn1ccnc1SCc1ccc(C(=O)NCc2ccc(CN3CCC(O)CC3)cc2)o1. The average molecular weight is 441 g/mol. The van der Waals surface area contributed by atoms with Gasteiger partial charge in [0.1, 0.15) is 5.76 Å². The lowest BCUT2D eigenvalue weighted by atomic mass is 10.1. The summed E-state index contributed by atoms with van der Waals surface area (Å²) in [5, 5.41) is 13.4. The number of amides is 1. The van der Waals surface area contributed by atoms with Gasteiger partial charge in [0.05, 0.1) is 11.9 Å². The number of aryl methyl sites for hydroxylation is 1. The second-order valence-electron chi connectivity index (χ2n) is 7.88. The summed E-state index contributed by atoms with van der Waals surface area (Å²) in [5.41, 5.74) is 2.29. The predicted octanol–water partition coefficient (Wildman–Crippen LogP) is 3.19. The van der Waals surface area contributed by atoms with E-state index in [9.17, 15) is 9.90 Å². The molecular formula is C23H28N4O3S. The van der Waals surface area contributed by atoms with Gasteiger partial charge in [0.25, 0.3) is 5.91 Å². The molecule has 0 aliphatic carbocycles. The number of thioether (sulfide) groups is 1. The molecule has 2 aromatic heterocycles. The molecule has 4 rings (SSSR count). The van der Waals surface area contributed by atoms with Crippen molar-refractivity contribution in [2.75, 3.05) is 13.1 Å². The number of imidazole rings is 1. The molecule has 8 heteroatoms. The zero-order chi connectivity index (χ0) is 21.6. The molecule has 31 heavy (non-hydrogen) atoms. The minimum Gasteiger partial charge on any atom is -0.455 e. The standard InChI is InChI=1S/C23H28N4O3S/c1-26-13-10-24-23(26)31-16-20-6-7-21(30-20)22(29)25-14-17-2-4-18(5-3-17)15-27-11-8-19(28)9-12-27/h2-7,10,13,19,28H,8-9,11-12,14-16H2,1H3,(H,25,29). The Labute approximate surface area is 186 Å². The first-order valence-electron chi connectivity index (χ1n) is 10.5. The lowest BCUT2D eigenvalue weighted by Gasteiger charge is -2.29. The number of hydrogen-bond donors (Lipinski definition) is 2. The molecule has 164 valence electrons. The van der Waals surface area contributed by atoms with Gasteiger partial charge in [-0.25, -0.2) is 4.98 Å². The fourth-order valence-corrected chi connectivity index (χ4v) is 4.40. The van der Waals surface area contributed by atoms with Gasteiger partial charge in [0, 0.05) is 45.6 Å². The summed E-state index contributed by atoms with van der Waals surface area (Å²) in [5.74, 6) is 1.46. The monoisotopic (exact) mass is 440 g/mol. The summed E-state index contributed by atoms with van der Waals surface area (Å²) in [6, 6.07) is 11.8. The third kappa shape index (κ3) is 6.00. The number of aliphatic hydroxyl groups is 1. The first kappa shape index (κ1) is 21.7. The number of nitrogens with zero attached hydrogens (tertiary/aromatic N) is 3. The van der Waals surface area contributed by atoms with E-state index in [1.165, 1.54) is 5.56 Å². The van der Waals surface area contributed by atoms with Gasteiger partial charge in [0.2, 0.25) is 0 Å². The van der Waals surface area contributed by atoms with Gasteiger partial charge in [-0.1, -0.05) is 36.0 Å². The van der Waals surface area contributed by atoms with Crippen LogP contribution in [0.5, 0.6) is 0 Å². The van der Waals surface area contributed by atoms with Gasteiger partial charge in [-0.2, -0.15) is 0 Å². The summed E-state index contributed by atoms with van der Waals surface area (Å²) in [6.07, 6.45) is 5.21. The normalized spacial score (nSPS) is 15.3. The minimum atomic E-state index is -0.218. The number of rotatable bonds is 8. The molecule has 3 heterocycles. The Bertz CT molecular complexity index is 990. The highest BCUT2D eigenvalue weighted by molar-refractivity contribution is 7.98. The summed E-state index contributed by atoms with van der Waals surface area (Å²) >= 11 is 1.57. The zero-order valence-corrected chi connectivity index (χ0v) is 18.5. The number of furan rings is 1. The first-order chi connectivity index (χ1) is 15.1. The molecule has 0 unspecified atom stereocenters. The quantitative estimate of drug-likeness (QED) is 0.524. The molecule has 7 nitrogen and oxygen atoms in total. The van der Waals surface area contributed by atoms with Crippen molar-refractivity contribution in [1.29, 1.82) is 0 Å². The Morgan fingerprint density at radius 3 is 2.65 bits per heavy atom. The molecule has 2 N–H and O–H groups in total. The number of likely N-dealkylation sites (tertiary alicyclic amines) is 1. The van der Waals surface area contributed by atoms with Crippen LogP contribution in [0.3, 0.4) is 0 Å². The van der Waals surface area contributed by atoms with E-state index in [-0.39, 0.29) is 12.0 Å². The Morgan fingerprint density at radius 1 is 1.19 bits per heavy atom. The van der Waals surface area contributed by atoms with E-state index in [1.807, 2.05) is 36.0 Å². The average Bonchev–Trinajstić information content (AvgIpc) is 3.42. The molecule has 0 saturated carbocycles. The maximum absolute atomic E-state index is 12.4. The third-order valence-corrected chi connectivity index (χ3v) is 6.53. The summed E-state index contributed by atoms with van der Waals surface area (Å²) in [6.45, 7) is 3.21. The predicted molar refractivity (Wildman–Crippen MR) is 120 cm³/mol. The maximum Gasteiger partial charge on any atom is 0.287 e. The molecule has 1 fully saturated rings. The fourth-order valence-electron chi connectivity index (χ4n) is 3.57. The highest BCUT2D eigenvalue weighted by Gasteiger charge is 2.17. The van der Waals surface area contributed by atoms with Crippen LogP contribution in [0.15, 0.2) is 58.4 Å². The number of benzene rings is 1. The second-order valence-corrected chi connectivity index (χ2v) is 8.82. The molecule has 1 aliphatic rings. The van der Waals surface area contributed by atoms with Gasteiger partial charge < -0.3 is 19.4 Å². The Hall–Kier alpha value is -2.55. The second kappa shape index (κ2) is 10.2. The minimum absolute atomic E-state index is 0.146. The molecule has 0 bridgehead atoms. The van der Waals surface area contributed by atoms with E-state index in [4.69, 9.17) is 4.42 Å². The van der Waals surface area contributed by atoms with E-state index >= 15 is 0 Å². The van der Waals surface area contributed by atoms with Crippen molar-refractivity contribution >= 4 is 17.7 Å². The number of hydrogen-bond acceptors (Lipinski definition) is 6. The van der Waals surface area contributed by atoms with Gasteiger partial charge in [-0.3, -0.25) is 9.69 Å². The summed E-state index contributed by atoms with van der Waals surface area (Å²) in [7, 11) is 1.95. The van der Waals surface area contributed by atoms with Crippen LogP contribution >= 0.6 is 11.8 Å². The molecular weight excluding hydrogens is 412 g/mol. The van der Waals surface area contributed by atoms with E-state index in [1.54, 1.807) is 24.0 Å². The van der Waals surface area contributed by atoms with Gasteiger partial charge >= 0.3 is 0 Å². The van der Waals surface area contributed by atoms with E-state index in [2.05, 4.69) is 27.3 Å². The summed E-state index contributed by atoms with van der Waals surface area (Å²) < 4.78 is 7.64. The van der Waals surface area contributed by atoms with Crippen molar-refractivity contribution in [2.45, 2.75) is 42.9 Å². The number of piperidine rings is 1. The van der Waals surface area contributed by atoms with Crippen molar-refractivity contribution in [3.63, 3.8) is 0 Å². The first-order valence-corrected chi connectivity index (χ1v) is 11.5. The fraction of sp³-hybridized carbons (Fsp3) is 0.391. The van der Waals surface area contributed by atoms with Crippen molar-refractivity contribution in [3.8, 4) is 0 Å². The Balaban J connectivity index is 1.23. The Morgan fingerprint density at radius 2 is 1.94 bits per heavy atom. The molecule has 1 amide bonds. The number of nitrogens with one attached hydrogen (secondary N) is 1. The van der Waals surface area contributed by atoms with Crippen LogP contribution in [-0.2, 0) is 25.9 Å². The van der Waals surface area contributed by atoms with Crippen LogP contribution in [0.2, 0.25) is 0 Å². The number of aromatic nitrogens is 2. The van der Waals surface area contributed by atoms with Crippen LogP contribution in [0.4, 0.5) is 0 Å². The molecule has 1 aromatic carbocycles. The number of carbonyl (C=O) groups is 1.